The number of fused-ring (bicyclic) bond motifs is 1. The molecule has 3 rings (SSSR count). The average Bonchev–Trinajstić information content (AvgIpc) is 3.15. The Morgan fingerprint density at radius 2 is 2.12 bits per heavy atom. The van der Waals surface area contributed by atoms with Gasteiger partial charge in [0.25, 0.3) is 5.91 Å². The van der Waals surface area contributed by atoms with E-state index in [0.29, 0.717) is 11.4 Å². The maximum atomic E-state index is 13.0. The topological polar surface area (TPSA) is 64.7 Å². The third-order valence-corrected chi connectivity index (χ3v) is 4.82. The minimum Gasteiger partial charge on any atom is -0.347 e. The number of nitrogens with zero attached hydrogens (tertiary/aromatic N) is 4. The van der Waals surface area contributed by atoms with E-state index in [1.807, 2.05) is 19.9 Å². The Morgan fingerprint density at radius 1 is 1.40 bits per heavy atom. The van der Waals surface area contributed by atoms with E-state index in [4.69, 9.17) is 0 Å². The molecule has 134 valence electrons. The molecule has 0 saturated carbocycles. The Bertz CT molecular complexity index is 924. The zero-order valence-electron chi connectivity index (χ0n) is 13.8. The highest BCUT2D eigenvalue weighted by atomic mass is 32.1. The Balaban J connectivity index is 1.78. The second kappa shape index (κ2) is 6.17. The summed E-state index contributed by atoms with van der Waals surface area (Å²) in [6.45, 7) is 4.15. The lowest BCUT2D eigenvalue weighted by molar-refractivity contribution is -0.140. The predicted molar refractivity (Wildman–Crippen MR) is 87.5 cm³/mol. The molecular weight excluding hydrogens is 355 g/mol. The zero-order valence-corrected chi connectivity index (χ0v) is 14.6. The number of carbonyl (C=O) groups excluding carboxylic acids is 1. The number of aromatic nitrogens is 4. The Kier molecular flexibility index (Phi) is 4.31. The maximum absolute atomic E-state index is 13.0. The van der Waals surface area contributed by atoms with E-state index in [2.05, 4.69) is 15.5 Å². The van der Waals surface area contributed by atoms with Gasteiger partial charge in [-0.1, -0.05) is 0 Å². The highest BCUT2D eigenvalue weighted by Gasteiger charge is 2.37. The molecule has 25 heavy (non-hydrogen) atoms. The van der Waals surface area contributed by atoms with Gasteiger partial charge < -0.3 is 5.32 Å². The fourth-order valence-corrected chi connectivity index (χ4v) is 3.52. The molecule has 1 N–H and O–H groups in total. The van der Waals surface area contributed by atoms with Crippen LogP contribution in [0.25, 0.3) is 10.2 Å². The summed E-state index contributed by atoms with van der Waals surface area (Å²) in [5, 5.41) is 10.5. The highest BCUT2D eigenvalue weighted by Crippen LogP contribution is 2.37. The summed E-state index contributed by atoms with van der Waals surface area (Å²) in [6.07, 6.45) is -2.75. The Hall–Kier alpha value is -2.36. The van der Waals surface area contributed by atoms with Crippen LogP contribution < -0.4 is 5.32 Å². The summed E-state index contributed by atoms with van der Waals surface area (Å²) in [4.78, 5) is 12.9. The second-order valence-electron chi connectivity index (χ2n) is 5.85. The largest absolute Gasteiger partial charge is 0.435 e. The summed E-state index contributed by atoms with van der Waals surface area (Å²) >= 11 is 0.987. The molecule has 1 atom stereocenters. The van der Waals surface area contributed by atoms with Crippen molar-refractivity contribution in [3.8, 4) is 0 Å². The minimum atomic E-state index is -4.56. The molecule has 0 bridgehead atoms. The molecule has 3 heterocycles. The smallest absolute Gasteiger partial charge is 0.347 e. The average molecular weight is 371 g/mol. The lowest BCUT2D eigenvalue weighted by atomic mass is 10.2. The first-order valence-corrected chi connectivity index (χ1v) is 8.31. The summed E-state index contributed by atoms with van der Waals surface area (Å²) in [6, 6.07) is 2.87. The van der Waals surface area contributed by atoms with Crippen LogP contribution in [0.3, 0.4) is 0 Å². The second-order valence-corrected chi connectivity index (χ2v) is 6.88. The zero-order chi connectivity index (χ0) is 18.4. The third kappa shape index (κ3) is 3.53. The van der Waals surface area contributed by atoms with Gasteiger partial charge in [-0.2, -0.15) is 23.4 Å². The van der Waals surface area contributed by atoms with Crippen molar-refractivity contribution < 1.29 is 18.0 Å². The van der Waals surface area contributed by atoms with E-state index >= 15 is 0 Å². The normalized spacial score (nSPS) is 13.4. The van der Waals surface area contributed by atoms with Crippen LogP contribution in [0.2, 0.25) is 0 Å². The van der Waals surface area contributed by atoms with Crippen LogP contribution in [0.4, 0.5) is 13.2 Å². The number of amides is 1. The molecule has 0 unspecified atom stereocenters. The van der Waals surface area contributed by atoms with Crippen molar-refractivity contribution in [3.05, 3.63) is 34.6 Å². The molecule has 10 heteroatoms. The first-order chi connectivity index (χ1) is 11.6. The first-order valence-electron chi connectivity index (χ1n) is 7.50. The Labute approximate surface area is 145 Å². The lowest BCUT2D eigenvalue weighted by Crippen LogP contribution is -2.35. The fourth-order valence-electron chi connectivity index (χ4n) is 2.55. The predicted octanol–water partition coefficient (Wildman–Crippen LogP) is 2.98. The van der Waals surface area contributed by atoms with Crippen molar-refractivity contribution in [2.24, 2.45) is 7.05 Å². The van der Waals surface area contributed by atoms with Crippen molar-refractivity contribution in [1.29, 1.82) is 0 Å². The quantitative estimate of drug-likeness (QED) is 0.767. The van der Waals surface area contributed by atoms with Crippen LogP contribution in [-0.4, -0.2) is 31.5 Å². The monoisotopic (exact) mass is 371 g/mol. The van der Waals surface area contributed by atoms with Crippen LogP contribution in [0.15, 0.2) is 18.3 Å². The number of thiophene rings is 1. The Morgan fingerprint density at radius 3 is 2.72 bits per heavy atom. The molecule has 0 radical (unpaired) electrons. The third-order valence-electron chi connectivity index (χ3n) is 3.62. The molecule has 0 aliphatic heterocycles. The van der Waals surface area contributed by atoms with Gasteiger partial charge in [-0.05, 0) is 26.0 Å². The first kappa shape index (κ1) is 17.5. The number of aryl methyl sites for hydroxylation is 2. The van der Waals surface area contributed by atoms with Crippen LogP contribution in [0.1, 0.15) is 28.0 Å². The number of rotatable bonds is 4. The van der Waals surface area contributed by atoms with E-state index in [9.17, 15) is 18.0 Å². The van der Waals surface area contributed by atoms with E-state index in [1.54, 1.807) is 10.9 Å². The number of nitrogens with one attached hydrogen (secondary N) is 1. The number of halogens is 3. The fraction of sp³-hybridized carbons (Fsp3) is 0.400. The van der Waals surface area contributed by atoms with Gasteiger partial charge in [-0.25, -0.2) is 0 Å². The molecule has 0 saturated heterocycles. The van der Waals surface area contributed by atoms with Gasteiger partial charge in [0, 0.05) is 24.7 Å². The molecule has 0 aromatic carbocycles. The van der Waals surface area contributed by atoms with E-state index in [-0.39, 0.29) is 16.3 Å². The van der Waals surface area contributed by atoms with Crippen LogP contribution >= 0.6 is 11.3 Å². The standard InChI is InChI=1S/C15H16F3N5OS/c1-8-4-5-23(20-8)7-9(2)19-13(24)11-6-10-12(15(16,17)18)21-22(3)14(10)25-11/h4-6,9H,7H2,1-3H3,(H,19,24)/t9-/m0/s1. The number of carbonyl (C=O) groups is 1. The highest BCUT2D eigenvalue weighted by molar-refractivity contribution is 7.20. The molecule has 0 fully saturated rings. The van der Waals surface area contributed by atoms with Gasteiger partial charge >= 0.3 is 6.18 Å². The molecule has 3 aromatic heterocycles. The molecule has 0 aliphatic rings. The molecular formula is C15H16F3N5OS. The summed E-state index contributed by atoms with van der Waals surface area (Å²) in [5.74, 6) is -0.411. The molecule has 6 nitrogen and oxygen atoms in total. The van der Waals surface area contributed by atoms with Gasteiger partial charge in [-0.15, -0.1) is 11.3 Å². The SMILES string of the molecule is Cc1ccn(C[C@H](C)NC(=O)c2cc3c(C(F)(F)F)nn(C)c3s2)n1. The number of alkyl halides is 3. The van der Waals surface area contributed by atoms with Gasteiger partial charge in [0.05, 0.1) is 17.1 Å². The van der Waals surface area contributed by atoms with Gasteiger partial charge in [-0.3, -0.25) is 14.2 Å². The van der Waals surface area contributed by atoms with Crippen molar-refractivity contribution in [1.82, 2.24) is 24.9 Å². The molecule has 0 aliphatic carbocycles. The van der Waals surface area contributed by atoms with Crippen molar-refractivity contribution in [2.45, 2.75) is 32.6 Å². The van der Waals surface area contributed by atoms with Crippen LogP contribution in [-0.2, 0) is 19.8 Å². The summed E-state index contributed by atoms with van der Waals surface area (Å²) in [7, 11) is 1.43. The maximum Gasteiger partial charge on any atom is 0.435 e. The van der Waals surface area contributed by atoms with Crippen LogP contribution in [0.5, 0.6) is 0 Å². The minimum absolute atomic E-state index is 0.0551. The lowest BCUT2D eigenvalue weighted by Gasteiger charge is -2.13. The number of hydrogen-bond acceptors (Lipinski definition) is 4. The van der Waals surface area contributed by atoms with E-state index in [0.717, 1.165) is 21.7 Å². The van der Waals surface area contributed by atoms with E-state index < -0.39 is 17.8 Å². The summed E-state index contributed by atoms with van der Waals surface area (Å²) in [5.41, 5.74) is -0.101. The number of hydrogen-bond donors (Lipinski definition) is 1. The van der Waals surface area contributed by atoms with Crippen molar-refractivity contribution >= 4 is 27.5 Å². The molecule has 1 amide bonds. The van der Waals surface area contributed by atoms with Gasteiger partial charge in [0.15, 0.2) is 5.69 Å². The van der Waals surface area contributed by atoms with Crippen molar-refractivity contribution in [3.63, 3.8) is 0 Å². The molecule has 0 spiro atoms. The van der Waals surface area contributed by atoms with Gasteiger partial charge in [0.1, 0.15) is 4.83 Å². The van der Waals surface area contributed by atoms with Crippen molar-refractivity contribution in [2.75, 3.05) is 0 Å². The summed E-state index contributed by atoms with van der Waals surface area (Å²) < 4.78 is 41.9. The van der Waals surface area contributed by atoms with Crippen LogP contribution in [0, 0.1) is 6.92 Å². The van der Waals surface area contributed by atoms with E-state index in [1.165, 1.54) is 13.1 Å². The van der Waals surface area contributed by atoms with Gasteiger partial charge in [0.2, 0.25) is 0 Å². The molecule has 3 aromatic rings.